The summed E-state index contributed by atoms with van der Waals surface area (Å²) in [7, 11) is 0. The number of allylic oxidation sites excluding steroid dienone is 2. The molecule has 1 atom stereocenters. The van der Waals surface area contributed by atoms with Gasteiger partial charge in [-0.1, -0.05) is 6.08 Å². The summed E-state index contributed by atoms with van der Waals surface area (Å²) in [6.07, 6.45) is 5.60. The normalized spacial score (nSPS) is 27.1. The fourth-order valence-corrected chi connectivity index (χ4v) is 1.52. The Bertz CT molecular complexity index is 265. The highest BCUT2D eigenvalue weighted by Crippen LogP contribution is 2.27. The van der Waals surface area contributed by atoms with E-state index in [1.54, 1.807) is 0 Å². The third kappa shape index (κ3) is 0.926. The number of hydrogen-bond acceptors (Lipinski definition) is 2. The molecular formula is C8H9NO2. The van der Waals surface area contributed by atoms with Crippen LogP contribution in [0.1, 0.15) is 12.8 Å². The minimum atomic E-state index is -0.757. The second kappa shape index (κ2) is 2.12. The van der Waals surface area contributed by atoms with Crippen molar-refractivity contribution >= 4 is 5.97 Å². The lowest BCUT2D eigenvalue weighted by Crippen LogP contribution is -2.30. The van der Waals surface area contributed by atoms with E-state index in [1.807, 2.05) is 6.08 Å². The Morgan fingerprint density at radius 3 is 3.18 bits per heavy atom. The van der Waals surface area contributed by atoms with Gasteiger partial charge in [-0.25, -0.2) is 4.79 Å². The van der Waals surface area contributed by atoms with Crippen molar-refractivity contribution in [2.45, 2.75) is 18.9 Å². The summed E-state index contributed by atoms with van der Waals surface area (Å²) in [5.41, 5.74) is 2.26. The lowest BCUT2D eigenvalue weighted by Gasteiger charge is -2.05. The van der Waals surface area contributed by atoms with E-state index < -0.39 is 5.97 Å². The van der Waals surface area contributed by atoms with Gasteiger partial charge in [0.05, 0.1) is 0 Å². The standard InChI is InChI=1S/C8H9NO2/c10-8(11)7-4-5-2-1-3-6(5)9-7/h1,3,7,9H,2,4H2,(H,10,11). The van der Waals surface area contributed by atoms with Crippen molar-refractivity contribution in [3.8, 4) is 0 Å². The summed E-state index contributed by atoms with van der Waals surface area (Å²) in [5, 5.41) is 11.6. The molecule has 0 bridgehead atoms. The number of aliphatic carboxylic acids is 1. The van der Waals surface area contributed by atoms with Crippen molar-refractivity contribution in [2.24, 2.45) is 0 Å². The SMILES string of the molecule is O=C(O)C1CC2=C(C=CC2)N1. The zero-order valence-electron chi connectivity index (χ0n) is 6.00. The lowest BCUT2D eigenvalue weighted by atomic mass is 10.1. The predicted octanol–water partition coefficient (Wildman–Crippen LogP) is 0.647. The fraction of sp³-hybridized carbons (Fsp3) is 0.375. The van der Waals surface area contributed by atoms with E-state index >= 15 is 0 Å². The highest BCUT2D eigenvalue weighted by Gasteiger charge is 2.28. The summed E-state index contributed by atoms with van der Waals surface area (Å²) in [5.74, 6) is -0.757. The summed E-state index contributed by atoms with van der Waals surface area (Å²) < 4.78 is 0. The van der Waals surface area contributed by atoms with Crippen molar-refractivity contribution < 1.29 is 9.90 Å². The molecule has 0 amide bonds. The van der Waals surface area contributed by atoms with Gasteiger partial charge in [-0.2, -0.15) is 0 Å². The molecular weight excluding hydrogens is 142 g/mol. The van der Waals surface area contributed by atoms with Gasteiger partial charge in [0, 0.05) is 12.1 Å². The first-order valence-electron chi connectivity index (χ1n) is 3.65. The van der Waals surface area contributed by atoms with Crippen LogP contribution in [0, 0.1) is 0 Å². The van der Waals surface area contributed by atoms with Crippen LogP contribution in [0.2, 0.25) is 0 Å². The van der Waals surface area contributed by atoms with Gasteiger partial charge >= 0.3 is 5.97 Å². The largest absolute Gasteiger partial charge is 0.480 e. The van der Waals surface area contributed by atoms with Crippen LogP contribution in [0.5, 0.6) is 0 Å². The summed E-state index contributed by atoms with van der Waals surface area (Å²) >= 11 is 0. The molecule has 3 nitrogen and oxygen atoms in total. The molecule has 0 aromatic carbocycles. The molecule has 0 spiro atoms. The molecule has 2 rings (SSSR count). The van der Waals surface area contributed by atoms with E-state index in [1.165, 1.54) is 5.57 Å². The first-order valence-corrected chi connectivity index (χ1v) is 3.65. The van der Waals surface area contributed by atoms with Crippen molar-refractivity contribution in [3.05, 3.63) is 23.4 Å². The molecule has 11 heavy (non-hydrogen) atoms. The molecule has 0 saturated heterocycles. The van der Waals surface area contributed by atoms with E-state index in [0.717, 1.165) is 12.1 Å². The van der Waals surface area contributed by atoms with Gasteiger partial charge in [-0.3, -0.25) is 0 Å². The van der Waals surface area contributed by atoms with Gasteiger partial charge in [0.2, 0.25) is 0 Å². The molecule has 0 radical (unpaired) electrons. The zero-order valence-corrected chi connectivity index (χ0v) is 6.00. The van der Waals surface area contributed by atoms with Crippen molar-refractivity contribution in [2.75, 3.05) is 0 Å². The van der Waals surface area contributed by atoms with E-state index in [9.17, 15) is 4.79 Å². The van der Waals surface area contributed by atoms with Crippen LogP contribution < -0.4 is 5.32 Å². The number of rotatable bonds is 1. The highest BCUT2D eigenvalue weighted by molar-refractivity contribution is 5.75. The maximum absolute atomic E-state index is 10.5. The molecule has 2 N–H and O–H groups in total. The van der Waals surface area contributed by atoms with Gasteiger partial charge in [0.25, 0.3) is 0 Å². The monoisotopic (exact) mass is 151 g/mol. The van der Waals surface area contributed by atoms with E-state index in [-0.39, 0.29) is 6.04 Å². The summed E-state index contributed by atoms with van der Waals surface area (Å²) in [6, 6.07) is -0.384. The Balaban J connectivity index is 2.11. The molecule has 0 saturated carbocycles. The van der Waals surface area contributed by atoms with Crippen LogP contribution in [0.15, 0.2) is 23.4 Å². The summed E-state index contributed by atoms with van der Waals surface area (Å²) in [4.78, 5) is 10.5. The Labute approximate surface area is 64.4 Å². The Kier molecular flexibility index (Phi) is 1.24. The Morgan fingerprint density at radius 2 is 2.55 bits per heavy atom. The molecule has 1 aliphatic heterocycles. The average Bonchev–Trinajstić information content (AvgIpc) is 2.40. The minimum Gasteiger partial charge on any atom is -0.480 e. The van der Waals surface area contributed by atoms with Crippen LogP contribution in [-0.2, 0) is 4.79 Å². The molecule has 58 valence electrons. The molecule has 2 aliphatic rings. The van der Waals surface area contributed by atoms with Crippen molar-refractivity contribution in [1.29, 1.82) is 0 Å². The minimum absolute atomic E-state index is 0.384. The Morgan fingerprint density at radius 1 is 1.73 bits per heavy atom. The number of nitrogens with one attached hydrogen (secondary N) is 1. The van der Waals surface area contributed by atoms with E-state index in [0.29, 0.717) is 6.42 Å². The van der Waals surface area contributed by atoms with Crippen molar-refractivity contribution in [1.82, 2.24) is 5.32 Å². The molecule has 1 unspecified atom stereocenters. The topological polar surface area (TPSA) is 49.3 Å². The number of carboxylic acids is 1. The fourth-order valence-electron chi connectivity index (χ4n) is 1.52. The van der Waals surface area contributed by atoms with Crippen LogP contribution in [0.25, 0.3) is 0 Å². The summed E-state index contributed by atoms with van der Waals surface area (Å²) in [6.45, 7) is 0. The predicted molar refractivity (Wildman–Crippen MR) is 40.0 cm³/mol. The smallest absolute Gasteiger partial charge is 0.326 e. The molecule has 1 heterocycles. The van der Waals surface area contributed by atoms with Gasteiger partial charge in [-0.15, -0.1) is 0 Å². The van der Waals surface area contributed by atoms with Crippen LogP contribution >= 0.6 is 0 Å². The van der Waals surface area contributed by atoms with Gasteiger partial charge in [-0.05, 0) is 18.1 Å². The lowest BCUT2D eigenvalue weighted by molar-refractivity contribution is -0.138. The van der Waals surface area contributed by atoms with E-state index in [4.69, 9.17) is 5.11 Å². The molecule has 1 aliphatic carbocycles. The molecule has 0 aromatic rings. The maximum Gasteiger partial charge on any atom is 0.326 e. The Hall–Kier alpha value is -1.25. The second-order valence-electron chi connectivity index (χ2n) is 2.86. The third-order valence-corrected chi connectivity index (χ3v) is 2.11. The first kappa shape index (κ1) is 6.46. The average molecular weight is 151 g/mol. The van der Waals surface area contributed by atoms with Crippen LogP contribution in [0.4, 0.5) is 0 Å². The number of carboxylic acid groups (broad SMARTS) is 1. The maximum atomic E-state index is 10.5. The van der Waals surface area contributed by atoms with Gasteiger partial charge in [0.1, 0.15) is 6.04 Å². The quantitative estimate of drug-likeness (QED) is 0.578. The number of hydrogen-bond donors (Lipinski definition) is 2. The van der Waals surface area contributed by atoms with Gasteiger partial charge in [0.15, 0.2) is 0 Å². The molecule has 0 aromatic heterocycles. The number of carbonyl (C=O) groups is 1. The van der Waals surface area contributed by atoms with Crippen LogP contribution in [-0.4, -0.2) is 17.1 Å². The molecule has 3 heteroatoms. The van der Waals surface area contributed by atoms with Gasteiger partial charge < -0.3 is 10.4 Å². The van der Waals surface area contributed by atoms with Crippen molar-refractivity contribution in [3.63, 3.8) is 0 Å². The highest BCUT2D eigenvalue weighted by atomic mass is 16.4. The zero-order chi connectivity index (χ0) is 7.84. The van der Waals surface area contributed by atoms with E-state index in [2.05, 4.69) is 11.4 Å². The second-order valence-corrected chi connectivity index (χ2v) is 2.86. The molecule has 0 fully saturated rings. The first-order chi connectivity index (χ1) is 5.27. The van der Waals surface area contributed by atoms with Crippen LogP contribution in [0.3, 0.4) is 0 Å². The third-order valence-electron chi connectivity index (χ3n) is 2.11.